The highest BCUT2D eigenvalue weighted by Gasteiger charge is 2.36. The molecule has 0 unspecified atom stereocenters. The van der Waals surface area contributed by atoms with Gasteiger partial charge < -0.3 is 9.80 Å². The molecule has 5 heteroatoms. The number of nitrogens with zero attached hydrogens (tertiary/aromatic N) is 3. The topological polar surface area (TPSA) is 47.9 Å². The fourth-order valence-electron chi connectivity index (χ4n) is 3.94. The molecule has 2 atom stereocenters. The number of benzene rings is 1. The number of anilines is 1. The van der Waals surface area contributed by atoms with E-state index in [9.17, 15) is 4.79 Å². The van der Waals surface area contributed by atoms with E-state index in [1.54, 1.807) is 0 Å². The number of fused-ring (bicyclic) bond motifs is 1. The first-order valence-corrected chi connectivity index (χ1v) is 8.75. The number of aliphatic imine (C=N–C) groups is 1. The summed E-state index contributed by atoms with van der Waals surface area (Å²) in [4.78, 5) is 21.8. The molecular formula is C18H24N4O. The first kappa shape index (κ1) is 14.5. The van der Waals surface area contributed by atoms with Crippen LogP contribution in [-0.2, 0) is 4.79 Å². The SMILES string of the molecule is O=C1NC(N2CCN(c3ccccc3)CC2)=N[C@@H]2CCCC[C@H]12. The maximum atomic E-state index is 12.3. The molecular weight excluding hydrogens is 288 g/mol. The highest BCUT2D eigenvalue weighted by Crippen LogP contribution is 2.29. The third kappa shape index (κ3) is 2.92. The molecule has 2 heterocycles. The number of para-hydroxylation sites is 1. The second-order valence-corrected chi connectivity index (χ2v) is 6.71. The van der Waals surface area contributed by atoms with Crippen LogP contribution in [0.5, 0.6) is 0 Å². The Kier molecular flexibility index (Phi) is 3.93. The Balaban J connectivity index is 1.42. The summed E-state index contributed by atoms with van der Waals surface area (Å²) in [5, 5.41) is 3.06. The van der Waals surface area contributed by atoms with Gasteiger partial charge in [-0.05, 0) is 25.0 Å². The van der Waals surface area contributed by atoms with Gasteiger partial charge in [-0.25, -0.2) is 4.99 Å². The number of nitrogens with one attached hydrogen (secondary N) is 1. The van der Waals surface area contributed by atoms with E-state index in [2.05, 4.69) is 39.4 Å². The molecule has 2 aliphatic heterocycles. The highest BCUT2D eigenvalue weighted by atomic mass is 16.2. The molecule has 3 aliphatic rings. The fourth-order valence-corrected chi connectivity index (χ4v) is 3.94. The van der Waals surface area contributed by atoms with E-state index < -0.39 is 0 Å². The van der Waals surface area contributed by atoms with Crippen molar-refractivity contribution < 1.29 is 4.79 Å². The van der Waals surface area contributed by atoms with Crippen LogP contribution in [0.25, 0.3) is 0 Å². The number of carbonyl (C=O) groups excluding carboxylic acids is 1. The van der Waals surface area contributed by atoms with Crippen molar-refractivity contribution in [1.82, 2.24) is 10.2 Å². The lowest BCUT2D eigenvalue weighted by molar-refractivity contribution is -0.125. The lowest BCUT2D eigenvalue weighted by Crippen LogP contribution is -2.57. The van der Waals surface area contributed by atoms with Crippen LogP contribution in [0.1, 0.15) is 25.7 Å². The van der Waals surface area contributed by atoms with Crippen molar-refractivity contribution in [3.63, 3.8) is 0 Å². The normalized spacial score (nSPS) is 28.0. The van der Waals surface area contributed by atoms with Crippen molar-refractivity contribution in [3.05, 3.63) is 30.3 Å². The minimum Gasteiger partial charge on any atom is -0.368 e. The Hall–Kier alpha value is -2.04. The molecule has 0 aromatic heterocycles. The van der Waals surface area contributed by atoms with Gasteiger partial charge in [0.2, 0.25) is 11.9 Å². The Labute approximate surface area is 137 Å². The van der Waals surface area contributed by atoms with Gasteiger partial charge in [-0.2, -0.15) is 0 Å². The van der Waals surface area contributed by atoms with Crippen molar-refractivity contribution >= 4 is 17.6 Å². The van der Waals surface area contributed by atoms with E-state index in [0.29, 0.717) is 0 Å². The standard InChI is InChI=1S/C18H24N4O/c23-17-15-8-4-5-9-16(15)19-18(20-17)22-12-10-21(11-13-22)14-6-2-1-3-7-14/h1-3,6-7,15-16H,4-5,8-13H2,(H,19,20,23)/t15-,16+/m0/s1. The van der Waals surface area contributed by atoms with Gasteiger partial charge >= 0.3 is 0 Å². The van der Waals surface area contributed by atoms with Crippen LogP contribution >= 0.6 is 0 Å². The number of amides is 1. The Bertz CT molecular complexity index is 592. The molecule has 0 bridgehead atoms. The minimum absolute atomic E-state index is 0.109. The quantitative estimate of drug-likeness (QED) is 0.861. The molecule has 1 aromatic carbocycles. The molecule has 2 fully saturated rings. The molecule has 0 spiro atoms. The van der Waals surface area contributed by atoms with Crippen LogP contribution in [-0.4, -0.2) is 49.0 Å². The van der Waals surface area contributed by atoms with Gasteiger partial charge in [0.1, 0.15) is 0 Å². The van der Waals surface area contributed by atoms with Crippen molar-refractivity contribution in [2.24, 2.45) is 10.9 Å². The predicted octanol–water partition coefficient (Wildman–Crippen LogP) is 1.85. The molecule has 0 radical (unpaired) electrons. The van der Waals surface area contributed by atoms with Gasteiger partial charge in [-0.15, -0.1) is 0 Å². The van der Waals surface area contributed by atoms with Crippen LogP contribution in [0.4, 0.5) is 5.69 Å². The largest absolute Gasteiger partial charge is 0.368 e. The zero-order chi connectivity index (χ0) is 15.6. The van der Waals surface area contributed by atoms with E-state index in [1.807, 2.05) is 6.07 Å². The molecule has 1 N–H and O–H groups in total. The lowest BCUT2D eigenvalue weighted by atomic mass is 9.83. The van der Waals surface area contributed by atoms with Gasteiger partial charge in [0.05, 0.1) is 12.0 Å². The summed E-state index contributed by atoms with van der Waals surface area (Å²) in [6, 6.07) is 10.7. The molecule has 1 saturated carbocycles. The predicted molar refractivity (Wildman–Crippen MR) is 91.6 cm³/mol. The molecule has 1 aliphatic carbocycles. The molecule has 4 rings (SSSR count). The minimum atomic E-state index is 0.109. The smallest absolute Gasteiger partial charge is 0.231 e. The van der Waals surface area contributed by atoms with Gasteiger partial charge in [0.25, 0.3) is 0 Å². The van der Waals surface area contributed by atoms with Crippen molar-refractivity contribution in [3.8, 4) is 0 Å². The third-order valence-corrected chi connectivity index (χ3v) is 5.29. The first-order chi connectivity index (χ1) is 11.3. The molecule has 1 saturated heterocycles. The van der Waals surface area contributed by atoms with Crippen LogP contribution in [0.2, 0.25) is 0 Å². The number of piperazine rings is 1. The molecule has 122 valence electrons. The van der Waals surface area contributed by atoms with E-state index in [4.69, 9.17) is 4.99 Å². The van der Waals surface area contributed by atoms with Crippen LogP contribution < -0.4 is 10.2 Å². The number of guanidine groups is 1. The van der Waals surface area contributed by atoms with E-state index in [1.165, 1.54) is 12.1 Å². The molecule has 1 aromatic rings. The van der Waals surface area contributed by atoms with Gasteiger partial charge in [0.15, 0.2) is 0 Å². The fraction of sp³-hybridized carbons (Fsp3) is 0.556. The maximum Gasteiger partial charge on any atom is 0.231 e. The number of hydrogen-bond donors (Lipinski definition) is 1. The van der Waals surface area contributed by atoms with E-state index in [0.717, 1.165) is 51.4 Å². The highest BCUT2D eigenvalue weighted by molar-refractivity contribution is 6.00. The average Bonchev–Trinajstić information content (AvgIpc) is 2.63. The monoisotopic (exact) mass is 312 g/mol. The summed E-state index contributed by atoms with van der Waals surface area (Å²) >= 11 is 0. The summed E-state index contributed by atoms with van der Waals surface area (Å²) in [5.74, 6) is 1.11. The van der Waals surface area contributed by atoms with Crippen molar-refractivity contribution in [2.75, 3.05) is 31.1 Å². The number of rotatable bonds is 1. The summed E-state index contributed by atoms with van der Waals surface area (Å²) in [6.07, 6.45) is 4.42. The van der Waals surface area contributed by atoms with E-state index >= 15 is 0 Å². The molecule has 5 nitrogen and oxygen atoms in total. The Morgan fingerprint density at radius 3 is 2.43 bits per heavy atom. The summed E-state index contributed by atoms with van der Waals surface area (Å²) in [7, 11) is 0. The van der Waals surface area contributed by atoms with Crippen molar-refractivity contribution in [1.29, 1.82) is 0 Å². The summed E-state index contributed by atoms with van der Waals surface area (Å²) in [6.45, 7) is 3.75. The average molecular weight is 312 g/mol. The first-order valence-electron chi connectivity index (χ1n) is 8.75. The van der Waals surface area contributed by atoms with Crippen LogP contribution in [0.15, 0.2) is 35.3 Å². The molecule has 1 amide bonds. The second-order valence-electron chi connectivity index (χ2n) is 6.71. The number of hydrogen-bond acceptors (Lipinski definition) is 4. The third-order valence-electron chi connectivity index (χ3n) is 5.29. The van der Waals surface area contributed by atoms with Gasteiger partial charge in [-0.1, -0.05) is 31.0 Å². The second kappa shape index (κ2) is 6.22. The van der Waals surface area contributed by atoms with Gasteiger partial charge in [0, 0.05) is 31.9 Å². The number of carbonyl (C=O) groups is 1. The molecule has 23 heavy (non-hydrogen) atoms. The maximum absolute atomic E-state index is 12.3. The van der Waals surface area contributed by atoms with Crippen LogP contribution in [0, 0.1) is 5.92 Å². The Morgan fingerprint density at radius 1 is 0.957 bits per heavy atom. The summed E-state index contributed by atoms with van der Waals surface area (Å²) < 4.78 is 0. The van der Waals surface area contributed by atoms with Crippen LogP contribution in [0.3, 0.4) is 0 Å². The zero-order valence-electron chi connectivity index (χ0n) is 13.4. The lowest BCUT2D eigenvalue weighted by Gasteiger charge is -2.40. The van der Waals surface area contributed by atoms with E-state index in [-0.39, 0.29) is 17.9 Å². The zero-order valence-corrected chi connectivity index (χ0v) is 13.4. The summed E-state index contributed by atoms with van der Waals surface area (Å²) in [5.41, 5.74) is 1.27. The van der Waals surface area contributed by atoms with Gasteiger partial charge in [-0.3, -0.25) is 10.1 Å². The van der Waals surface area contributed by atoms with Crippen molar-refractivity contribution in [2.45, 2.75) is 31.7 Å². The Morgan fingerprint density at radius 2 is 1.65 bits per heavy atom.